The van der Waals surface area contributed by atoms with E-state index in [0.717, 1.165) is 13.1 Å². The van der Waals surface area contributed by atoms with Gasteiger partial charge in [-0.3, -0.25) is 0 Å². The van der Waals surface area contributed by atoms with E-state index in [-0.39, 0.29) is 0 Å². The fraction of sp³-hybridized carbons (Fsp3) is 0.714. The molecular formula is C14H24N2S. The van der Waals surface area contributed by atoms with Crippen molar-refractivity contribution in [2.45, 2.75) is 39.2 Å². The summed E-state index contributed by atoms with van der Waals surface area (Å²) in [6.45, 7) is 6.88. The summed E-state index contributed by atoms with van der Waals surface area (Å²) in [5.41, 5.74) is 1.92. The van der Waals surface area contributed by atoms with E-state index in [1.807, 2.05) is 0 Å². The Morgan fingerprint density at radius 1 is 1.53 bits per heavy atom. The second kappa shape index (κ2) is 6.53. The minimum absolute atomic E-state index is 0.503. The molecule has 1 aromatic heterocycles. The van der Waals surface area contributed by atoms with Crippen LogP contribution in [0.25, 0.3) is 0 Å². The number of hydrogen-bond acceptors (Lipinski definition) is 3. The maximum absolute atomic E-state index is 3.65. The van der Waals surface area contributed by atoms with Crippen LogP contribution in [-0.4, -0.2) is 19.6 Å². The monoisotopic (exact) mass is 252 g/mol. The van der Waals surface area contributed by atoms with Crippen LogP contribution in [0.3, 0.4) is 0 Å². The van der Waals surface area contributed by atoms with Crippen molar-refractivity contribution in [2.24, 2.45) is 5.41 Å². The first-order chi connectivity index (χ1) is 8.35. The summed E-state index contributed by atoms with van der Waals surface area (Å²) in [5, 5.41) is 11.6. The third kappa shape index (κ3) is 3.80. The smallest absolute Gasteiger partial charge is 0.0213 e. The number of thiophene rings is 1. The number of nitrogens with one attached hydrogen (secondary N) is 2. The average molecular weight is 252 g/mol. The van der Waals surface area contributed by atoms with Crippen LogP contribution in [0.5, 0.6) is 0 Å². The molecule has 1 saturated heterocycles. The van der Waals surface area contributed by atoms with Gasteiger partial charge in [0.2, 0.25) is 0 Å². The molecule has 0 aliphatic carbocycles. The first-order valence-electron chi connectivity index (χ1n) is 6.77. The lowest BCUT2D eigenvalue weighted by Crippen LogP contribution is -2.46. The van der Waals surface area contributed by atoms with Gasteiger partial charge in [-0.05, 0) is 53.6 Å². The fourth-order valence-corrected chi connectivity index (χ4v) is 3.55. The Balaban J connectivity index is 1.80. The van der Waals surface area contributed by atoms with Crippen LogP contribution < -0.4 is 10.6 Å². The molecule has 0 bridgehead atoms. The molecule has 2 heterocycles. The molecule has 1 aliphatic rings. The van der Waals surface area contributed by atoms with E-state index < -0.39 is 0 Å². The average Bonchev–Trinajstić information content (AvgIpc) is 2.84. The van der Waals surface area contributed by atoms with Gasteiger partial charge >= 0.3 is 0 Å². The molecule has 17 heavy (non-hydrogen) atoms. The Kier molecular flexibility index (Phi) is 5.01. The molecule has 0 radical (unpaired) electrons. The van der Waals surface area contributed by atoms with Crippen molar-refractivity contribution in [1.29, 1.82) is 0 Å². The number of hydrogen-bond donors (Lipinski definition) is 2. The minimum atomic E-state index is 0.503. The molecule has 0 amide bonds. The molecule has 96 valence electrons. The topological polar surface area (TPSA) is 24.1 Å². The third-order valence-corrected chi connectivity index (χ3v) is 4.48. The van der Waals surface area contributed by atoms with Crippen LogP contribution in [0.4, 0.5) is 0 Å². The summed E-state index contributed by atoms with van der Waals surface area (Å²) < 4.78 is 0. The Hall–Kier alpha value is -0.380. The van der Waals surface area contributed by atoms with Gasteiger partial charge in [0.1, 0.15) is 0 Å². The SMILES string of the molecule is CCCC1(CNCc2ccsc2)CCCNC1. The lowest BCUT2D eigenvalue weighted by atomic mass is 9.77. The molecule has 0 spiro atoms. The highest BCUT2D eigenvalue weighted by Crippen LogP contribution is 2.30. The van der Waals surface area contributed by atoms with E-state index in [9.17, 15) is 0 Å². The second-order valence-corrected chi connectivity index (χ2v) is 6.05. The zero-order valence-corrected chi connectivity index (χ0v) is 11.6. The van der Waals surface area contributed by atoms with Gasteiger partial charge in [-0.1, -0.05) is 13.3 Å². The maximum atomic E-state index is 3.65. The van der Waals surface area contributed by atoms with E-state index in [1.165, 1.54) is 44.3 Å². The Morgan fingerprint density at radius 2 is 2.47 bits per heavy atom. The first-order valence-corrected chi connectivity index (χ1v) is 7.71. The standard InChI is InChI=1S/C14H24N2S/c1-2-5-14(6-3-7-15-11-14)12-16-9-13-4-8-17-10-13/h4,8,10,15-16H,2-3,5-7,9,11-12H2,1H3. The Bertz CT molecular complexity index is 297. The summed E-state index contributed by atoms with van der Waals surface area (Å²) in [5.74, 6) is 0. The van der Waals surface area contributed by atoms with Gasteiger partial charge in [0.15, 0.2) is 0 Å². The molecule has 1 fully saturated rings. The summed E-state index contributed by atoms with van der Waals surface area (Å²) in [7, 11) is 0. The summed E-state index contributed by atoms with van der Waals surface area (Å²) in [4.78, 5) is 0. The van der Waals surface area contributed by atoms with Crippen LogP contribution in [-0.2, 0) is 6.54 Å². The van der Waals surface area contributed by atoms with E-state index in [2.05, 4.69) is 34.4 Å². The zero-order valence-electron chi connectivity index (χ0n) is 10.8. The Labute approximate surface area is 109 Å². The molecule has 0 saturated carbocycles. The van der Waals surface area contributed by atoms with Crippen LogP contribution in [0.2, 0.25) is 0 Å². The van der Waals surface area contributed by atoms with Gasteiger partial charge < -0.3 is 10.6 Å². The van der Waals surface area contributed by atoms with Crippen molar-refractivity contribution in [2.75, 3.05) is 19.6 Å². The number of piperidine rings is 1. The first kappa shape index (κ1) is 13.1. The van der Waals surface area contributed by atoms with E-state index in [0.29, 0.717) is 5.41 Å². The van der Waals surface area contributed by atoms with Gasteiger partial charge in [0, 0.05) is 19.6 Å². The van der Waals surface area contributed by atoms with Gasteiger partial charge in [0.05, 0.1) is 0 Å². The molecular weight excluding hydrogens is 228 g/mol. The highest BCUT2D eigenvalue weighted by molar-refractivity contribution is 7.07. The highest BCUT2D eigenvalue weighted by atomic mass is 32.1. The molecule has 3 heteroatoms. The summed E-state index contributed by atoms with van der Waals surface area (Å²) >= 11 is 1.78. The van der Waals surface area contributed by atoms with Crippen molar-refractivity contribution >= 4 is 11.3 Å². The molecule has 2 rings (SSSR count). The second-order valence-electron chi connectivity index (χ2n) is 5.27. The van der Waals surface area contributed by atoms with Gasteiger partial charge in [-0.15, -0.1) is 0 Å². The molecule has 1 unspecified atom stereocenters. The maximum Gasteiger partial charge on any atom is 0.0213 e. The van der Waals surface area contributed by atoms with Crippen LogP contribution in [0.15, 0.2) is 16.8 Å². The van der Waals surface area contributed by atoms with Crippen molar-refractivity contribution in [3.63, 3.8) is 0 Å². The minimum Gasteiger partial charge on any atom is -0.316 e. The van der Waals surface area contributed by atoms with Crippen molar-refractivity contribution in [3.05, 3.63) is 22.4 Å². The van der Waals surface area contributed by atoms with E-state index in [1.54, 1.807) is 11.3 Å². The van der Waals surface area contributed by atoms with Crippen molar-refractivity contribution < 1.29 is 0 Å². The number of rotatable bonds is 6. The largest absolute Gasteiger partial charge is 0.316 e. The predicted molar refractivity (Wildman–Crippen MR) is 75.5 cm³/mol. The molecule has 1 atom stereocenters. The van der Waals surface area contributed by atoms with E-state index >= 15 is 0 Å². The third-order valence-electron chi connectivity index (χ3n) is 3.75. The molecule has 2 N–H and O–H groups in total. The van der Waals surface area contributed by atoms with Crippen LogP contribution in [0, 0.1) is 5.41 Å². The van der Waals surface area contributed by atoms with Crippen LogP contribution in [0.1, 0.15) is 38.2 Å². The van der Waals surface area contributed by atoms with Gasteiger partial charge in [-0.25, -0.2) is 0 Å². The summed E-state index contributed by atoms with van der Waals surface area (Å²) in [6.07, 6.45) is 5.35. The van der Waals surface area contributed by atoms with Gasteiger partial charge in [-0.2, -0.15) is 11.3 Å². The molecule has 1 aliphatic heterocycles. The van der Waals surface area contributed by atoms with Crippen molar-refractivity contribution in [1.82, 2.24) is 10.6 Å². The van der Waals surface area contributed by atoms with Crippen LogP contribution >= 0.6 is 11.3 Å². The lowest BCUT2D eigenvalue weighted by Gasteiger charge is -2.38. The normalized spacial score (nSPS) is 25.0. The van der Waals surface area contributed by atoms with E-state index in [4.69, 9.17) is 0 Å². The lowest BCUT2D eigenvalue weighted by molar-refractivity contribution is 0.182. The fourth-order valence-electron chi connectivity index (χ4n) is 2.88. The van der Waals surface area contributed by atoms with Gasteiger partial charge in [0.25, 0.3) is 0 Å². The Morgan fingerprint density at radius 3 is 3.12 bits per heavy atom. The van der Waals surface area contributed by atoms with Crippen molar-refractivity contribution in [3.8, 4) is 0 Å². The molecule has 0 aromatic carbocycles. The zero-order chi connectivity index (χ0) is 12.0. The quantitative estimate of drug-likeness (QED) is 0.813. The highest BCUT2D eigenvalue weighted by Gasteiger charge is 2.30. The predicted octanol–water partition coefficient (Wildman–Crippen LogP) is 3.01. The molecule has 2 nitrogen and oxygen atoms in total. The summed E-state index contributed by atoms with van der Waals surface area (Å²) in [6, 6.07) is 2.21. The molecule has 1 aromatic rings.